The molecule has 0 saturated heterocycles. The largest absolute Gasteiger partial charge is 0.382 e. The SMILES string of the molecule is CCNCCCC(C)Nc1ccnc2cc(Cl)ccc12.Cl. The van der Waals surface area contributed by atoms with Gasteiger partial charge in [0.1, 0.15) is 0 Å². The van der Waals surface area contributed by atoms with Gasteiger partial charge in [0.25, 0.3) is 0 Å². The maximum atomic E-state index is 6.01. The Morgan fingerprint density at radius 3 is 2.86 bits per heavy atom. The number of nitrogens with one attached hydrogen (secondary N) is 2. The van der Waals surface area contributed by atoms with Crippen LogP contribution in [0.1, 0.15) is 26.7 Å². The first kappa shape index (κ1) is 18.0. The first-order valence-corrected chi connectivity index (χ1v) is 7.60. The van der Waals surface area contributed by atoms with E-state index < -0.39 is 0 Å². The lowest BCUT2D eigenvalue weighted by molar-refractivity contribution is 0.603. The van der Waals surface area contributed by atoms with Crippen molar-refractivity contribution in [3.63, 3.8) is 0 Å². The number of nitrogens with zero attached hydrogens (tertiary/aromatic N) is 1. The predicted octanol–water partition coefficient (Wildman–Crippen LogP) is 4.50. The molecular weight excluding hydrogens is 305 g/mol. The fraction of sp³-hybridized carbons (Fsp3) is 0.438. The summed E-state index contributed by atoms with van der Waals surface area (Å²) in [7, 11) is 0. The molecule has 0 amide bonds. The van der Waals surface area contributed by atoms with E-state index in [0.29, 0.717) is 6.04 Å². The lowest BCUT2D eigenvalue weighted by Gasteiger charge is -2.16. The van der Waals surface area contributed by atoms with Crippen molar-refractivity contribution in [3.8, 4) is 0 Å². The first-order valence-electron chi connectivity index (χ1n) is 7.22. The van der Waals surface area contributed by atoms with Gasteiger partial charge in [0, 0.05) is 28.3 Å². The highest BCUT2D eigenvalue weighted by Crippen LogP contribution is 2.25. The highest BCUT2D eigenvalue weighted by atomic mass is 35.5. The zero-order valence-electron chi connectivity index (χ0n) is 12.5. The molecule has 0 fully saturated rings. The molecule has 3 nitrogen and oxygen atoms in total. The van der Waals surface area contributed by atoms with Crippen LogP contribution >= 0.6 is 24.0 Å². The molecule has 0 aliphatic heterocycles. The van der Waals surface area contributed by atoms with E-state index in [1.165, 1.54) is 6.42 Å². The molecule has 0 saturated carbocycles. The Hall–Kier alpha value is -1.03. The highest BCUT2D eigenvalue weighted by molar-refractivity contribution is 6.31. The van der Waals surface area contributed by atoms with E-state index in [2.05, 4.69) is 29.5 Å². The summed E-state index contributed by atoms with van der Waals surface area (Å²) >= 11 is 6.01. The molecule has 1 atom stereocenters. The number of hydrogen-bond donors (Lipinski definition) is 2. The average Bonchev–Trinajstić information content (AvgIpc) is 2.43. The molecule has 2 aromatic rings. The minimum atomic E-state index is 0. The summed E-state index contributed by atoms with van der Waals surface area (Å²) in [6, 6.07) is 8.30. The summed E-state index contributed by atoms with van der Waals surface area (Å²) in [6.45, 7) is 6.47. The fourth-order valence-electron chi connectivity index (χ4n) is 2.29. The van der Waals surface area contributed by atoms with Crippen LogP contribution < -0.4 is 10.6 Å². The molecule has 0 aliphatic carbocycles. The third kappa shape index (κ3) is 5.34. The van der Waals surface area contributed by atoms with Gasteiger partial charge in [-0.15, -0.1) is 12.4 Å². The van der Waals surface area contributed by atoms with Crippen molar-refractivity contribution >= 4 is 40.6 Å². The van der Waals surface area contributed by atoms with Gasteiger partial charge >= 0.3 is 0 Å². The maximum absolute atomic E-state index is 6.01. The average molecular weight is 328 g/mol. The number of benzene rings is 1. The number of aromatic nitrogens is 1. The number of hydrogen-bond acceptors (Lipinski definition) is 3. The van der Waals surface area contributed by atoms with Gasteiger partial charge in [0.05, 0.1) is 5.52 Å². The molecular formula is C16H23Cl2N3. The van der Waals surface area contributed by atoms with Crippen LogP contribution in [0.2, 0.25) is 5.02 Å². The third-order valence-electron chi connectivity index (χ3n) is 3.35. The summed E-state index contributed by atoms with van der Waals surface area (Å²) < 4.78 is 0. The Labute approximate surface area is 137 Å². The Balaban J connectivity index is 0.00000220. The van der Waals surface area contributed by atoms with Crippen molar-refractivity contribution in [2.24, 2.45) is 0 Å². The van der Waals surface area contributed by atoms with Crippen LogP contribution in [0.4, 0.5) is 5.69 Å². The number of anilines is 1. The van der Waals surface area contributed by atoms with Gasteiger partial charge in [-0.1, -0.05) is 18.5 Å². The van der Waals surface area contributed by atoms with Crippen molar-refractivity contribution in [3.05, 3.63) is 35.5 Å². The van der Waals surface area contributed by atoms with Crippen molar-refractivity contribution in [2.45, 2.75) is 32.7 Å². The van der Waals surface area contributed by atoms with E-state index in [4.69, 9.17) is 11.6 Å². The molecule has 2 N–H and O–H groups in total. The monoisotopic (exact) mass is 327 g/mol. The predicted molar refractivity (Wildman–Crippen MR) is 94.9 cm³/mol. The van der Waals surface area contributed by atoms with E-state index in [-0.39, 0.29) is 12.4 Å². The molecule has 116 valence electrons. The Kier molecular flexibility index (Phi) is 7.79. The molecule has 0 aliphatic rings. The van der Waals surface area contributed by atoms with Gasteiger partial charge < -0.3 is 10.6 Å². The molecule has 0 radical (unpaired) electrons. The first-order chi connectivity index (χ1) is 9.70. The van der Waals surface area contributed by atoms with Gasteiger partial charge in [0.2, 0.25) is 0 Å². The quantitative estimate of drug-likeness (QED) is 0.735. The minimum Gasteiger partial charge on any atom is -0.382 e. The zero-order chi connectivity index (χ0) is 14.4. The molecule has 0 spiro atoms. The Morgan fingerprint density at radius 1 is 1.29 bits per heavy atom. The molecule has 1 heterocycles. The molecule has 2 rings (SSSR count). The van der Waals surface area contributed by atoms with Crippen LogP contribution in [-0.4, -0.2) is 24.1 Å². The molecule has 21 heavy (non-hydrogen) atoms. The molecule has 5 heteroatoms. The standard InChI is InChI=1S/C16H22ClN3.ClH/c1-3-18-9-4-5-12(2)20-15-8-10-19-16-11-13(17)6-7-14(15)16;/h6-8,10-12,18H,3-5,9H2,1-2H3,(H,19,20);1H. The summed E-state index contributed by atoms with van der Waals surface area (Å²) in [4.78, 5) is 4.36. The van der Waals surface area contributed by atoms with Crippen LogP contribution in [0.5, 0.6) is 0 Å². The van der Waals surface area contributed by atoms with Crippen molar-refractivity contribution in [1.82, 2.24) is 10.3 Å². The van der Waals surface area contributed by atoms with E-state index >= 15 is 0 Å². The number of rotatable bonds is 7. The molecule has 1 aromatic heterocycles. The summed E-state index contributed by atoms with van der Waals surface area (Å²) in [5, 5.41) is 8.77. The number of fused-ring (bicyclic) bond motifs is 1. The van der Waals surface area contributed by atoms with Crippen LogP contribution in [0.3, 0.4) is 0 Å². The second-order valence-corrected chi connectivity index (χ2v) is 5.50. The summed E-state index contributed by atoms with van der Waals surface area (Å²) in [6.07, 6.45) is 4.15. The van der Waals surface area contributed by atoms with Gasteiger partial charge in [-0.3, -0.25) is 4.98 Å². The summed E-state index contributed by atoms with van der Waals surface area (Å²) in [5.41, 5.74) is 2.06. The van der Waals surface area contributed by atoms with Crippen molar-refractivity contribution in [2.75, 3.05) is 18.4 Å². The lowest BCUT2D eigenvalue weighted by Crippen LogP contribution is -2.19. The zero-order valence-corrected chi connectivity index (χ0v) is 14.1. The maximum Gasteiger partial charge on any atom is 0.0737 e. The molecule has 1 unspecified atom stereocenters. The summed E-state index contributed by atoms with van der Waals surface area (Å²) in [5.74, 6) is 0. The normalized spacial score (nSPS) is 12.0. The van der Waals surface area contributed by atoms with Crippen LogP contribution in [-0.2, 0) is 0 Å². The number of pyridine rings is 1. The van der Waals surface area contributed by atoms with E-state index in [0.717, 1.165) is 41.1 Å². The number of halogens is 2. The van der Waals surface area contributed by atoms with Gasteiger partial charge in [-0.25, -0.2) is 0 Å². The minimum absolute atomic E-state index is 0. The smallest absolute Gasteiger partial charge is 0.0737 e. The Bertz CT molecular complexity index is 560. The van der Waals surface area contributed by atoms with Gasteiger partial charge in [0.15, 0.2) is 0 Å². The van der Waals surface area contributed by atoms with E-state index in [1.807, 2.05) is 30.5 Å². The van der Waals surface area contributed by atoms with Crippen LogP contribution in [0, 0.1) is 0 Å². The molecule has 0 bridgehead atoms. The topological polar surface area (TPSA) is 37.0 Å². The van der Waals surface area contributed by atoms with Crippen LogP contribution in [0.25, 0.3) is 10.9 Å². The second kappa shape index (κ2) is 9.08. The third-order valence-corrected chi connectivity index (χ3v) is 3.58. The van der Waals surface area contributed by atoms with Crippen molar-refractivity contribution in [1.29, 1.82) is 0 Å². The Morgan fingerprint density at radius 2 is 2.10 bits per heavy atom. The lowest BCUT2D eigenvalue weighted by atomic mass is 10.1. The highest BCUT2D eigenvalue weighted by Gasteiger charge is 2.06. The van der Waals surface area contributed by atoms with Gasteiger partial charge in [-0.2, -0.15) is 0 Å². The fourth-order valence-corrected chi connectivity index (χ4v) is 2.46. The van der Waals surface area contributed by atoms with Crippen LogP contribution in [0.15, 0.2) is 30.5 Å². The van der Waals surface area contributed by atoms with Crippen molar-refractivity contribution < 1.29 is 0 Å². The molecule has 1 aromatic carbocycles. The van der Waals surface area contributed by atoms with E-state index in [9.17, 15) is 0 Å². The second-order valence-electron chi connectivity index (χ2n) is 5.06. The van der Waals surface area contributed by atoms with E-state index in [1.54, 1.807) is 0 Å². The van der Waals surface area contributed by atoms with Gasteiger partial charge in [-0.05, 0) is 57.1 Å².